The Morgan fingerprint density at radius 1 is 1.29 bits per heavy atom. The molecule has 0 atom stereocenters. The van der Waals surface area contributed by atoms with Crippen molar-refractivity contribution < 1.29 is 0 Å². The van der Waals surface area contributed by atoms with Crippen molar-refractivity contribution in [2.75, 3.05) is 25.0 Å². The second kappa shape index (κ2) is 5.30. The van der Waals surface area contributed by atoms with Gasteiger partial charge < -0.3 is 10.2 Å². The van der Waals surface area contributed by atoms with Gasteiger partial charge >= 0.3 is 0 Å². The summed E-state index contributed by atoms with van der Waals surface area (Å²) in [7, 11) is 2.06. The lowest BCUT2D eigenvalue weighted by molar-refractivity contribution is 0.304. The largest absolute Gasteiger partial charge is 0.355 e. The summed E-state index contributed by atoms with van der Waals surface area (Å²) in [6, 6.07) is 2.18. The molecule has 1 saturated heterocycles. The maximum absolute atomic E-state index is 4.65. The smallest absolute Gasteiger partial charge is 0.154 e. The summed E-state index contributed by atoms with van der Waals surface area (Å²) >= 11 is 0. The highest BCUT2D eigenvalue weighted by Crippen LogP contribution is 2.28. The molecule has 3 rings (SSSR count). The molecule has 21 heavy (non-hydrogen) atoms. The van der Waals surface area contributed by atoms with Crippen molar-refractivity contribution in [2.24, 2.45) is 0 Å². The van der Waals surface area contributed by atoms with E-state index in [0.717, 1.165) is 43.0 Å². The van der Waals surface area contributed by atoms with Crippen LogP contribution in [0, 0.1) is 0 Å². The van der Waals surface area contributed by atoms with Gasteiger partial charge in [0.1, 0.15) is 5.52 Å². The average Bonchev–Trinajstić information content (AvgIpc) is 2.92. The Morgan fingerprint density at radius 3 is 2.62 bits per heavy atom. The summed E-state index contributed by atoms with van der Waals surface area (Å²) in [6.45, 7) is 8.72. The van der Waals surface area contributed by atoms with Crippen LogP contribution < -0.4 is 10.2 Å². The normalized spacial score (nSPS) is 18.6. The van der Waals surface area contributed by atoms with Crippen LogP contribution in [-0.2, 0) is 0 Å². The fraction of sp³-hybridized carbons (Fsp3) is 0.625. The molecule has 1 N–H and O–H groups in total. The molecule has 1 fully saturated rings. The number of fused-ring (bicyclic) bond motifs is 1. The van der Waals surface area contributed by atoms with Gasteiger partial charge in [-0.2, -0.15) is 5.10 Å². The zero-order valence-electron chi connectivity index (χ0n) is 13.4. The molecule has 0 aliphatic carbocycles. The summed E-state index contributed by atoms with van der Waals surface area (Å²) < 4.78 is 1.96. The zero-order chi connectivity index (χ0) is 15.0. The Hall–Kier alpha value is -1.62. The molecule has 0 radical (unpaired) electrons. The molecule has 5 nitrogen and oxygen atoms in total. The lowest BCUT2D eigenvalue weighted by atomic mass is 9.90. The van der Waals surface area contributed by atoms with E-state index in [4.69, 9.17) is 0 Å². The first-order chi connectivity index (χ1) is 10.0. The zero-order valence-corrected chi connectivity index (χ0v) is 13.4. The van der Waals surface area contributed by atoms with E-state index in [1.54, 1.807) is 0 Å². The van der Waals surface area contributed by atoms with Gasteiger partial charge in [-0.05, 0) is 38.8 Å². The van der Waals surface area contributed by atoms with Crippen LogP contribution in [0.5, 0.6) is 0 Å². The molecular weight excluding hydrogens is 262 g/mol. The number of rotatable bonds is 3. The third-order valence-corrected chi connectivity index (χ3v) is 4.75. The molecule has 1 aliphatic heterocycles. The third kappa shape index (κ3) is 2.62. The van der Waals surface area contributed by atoms with Crippen molar-refractivity contribution in [1.82, 2.24) is 19.9 Å². The van der Waals surface area contributed by atoms with Crippen LogP contribution in [0.1, 0.15) is 45.2 Å². The molecule has 0 spiro atoms. The molecule has 114 valence electrons. The van der Waals surface area contributed by atoms with Crippen LogP contribution in [0.4, 0.5) is 5.82 Å². The standard InChI is InChI=1S/C16H25N5/c1-12(2)13-11-14-15(18-7-10-21(14)19-13)20-8-5-16(3,17-4)6-9-20/h7,10-12,17H,5-6,8-9H2,1-4H3. The molecule has 0 aromatic carbocycles. The Labute approximate surface area is 126 Å². The lowest BCUT2D eigenvalue weighted by Crippen LogP contribution is -2.50. The number of anilines is 1. The molecule has 0 bridgehead atoms. The van der Waals surface area contributed by atoms with Gasteiger partial charge in [-0.15, -0.1) is 0 Å². The monoisotopic (exact) mass is 287 g/mol. The van der Waals surface area contributed by atoms with Crippen molar-refractivity contribution >= 4 is 11.3 Å². The minimum Gasteiger partial charge on any atom is -0.355 e. The van der Waals surface area contributed by atoms with Crippen molar-refractivity contribution in [3.8, 4) is 0 Å². The second-order valence-corrected chi connectivity index (χ2v) is 6.60. The number of hydrogen-bond donors (Lipinski definition) is 1. The van der Waals surface area contributed by atoms with Gasteiger partial charge in [0.05, 0.1) is 5.69 Å². The number of nitrogens with zero attached hydrogens (tertiary/aromatic N) is 4. The Morgan fingerprint density at radius 2 is 2.00 bits per heavy atom. The van der Waals surface area contributed by atoms with Crippen LogP contribution in [0.3, 0.4) is 0 Å². The van der Waals surface area contributed by atoms with Gasteiger partial charge in [0, 0.05) is 31.0 Å². The molecule has 2 aromatic heterocycles. The van der Waals surface area contributed by atoms with Gasteiger partial charge in [0.25, 0.3) is 0 Å². The van der Waals surface area contributed by atoms with E-state index >= 15 is 0 Å². The van der Waals surface area contributed by atoms with Crippen LogP contribution in [-0.4, -0.2) is 40.3 Å². The van der Waals surface area contributed by atoms with E-state index in [-0.39, 0.29) is 5.54 Å². The first kappa shape index (κ1) is 14.3. The van der Waals surface area contributed by atoms with E-state index in [1.165, 1.54) is 0 Å². The van der Waals surface area contributed by atoms with E-state index in [2.05, 4.69) is 54.2 Å². The number of piperidine rings is 1. The molecule has 0 amide bonds. The van der Waals surface area contributed by atoms with E-state index in [0.29, 0.717) is 5.92 Å². The number of nitrogens with one attached hydrogen (secondary N) is 1. The fourth-order valence-electron chi connectivity index (χ4n) is 2.92. The van der Waals surface area contributed by atoms with Crippen LogP contribution >= 0.6 is 0 Å². The Bertz CT molecular complexity index is 623. The van der Waals surface area contributed by atoms with Crippen LogP contribution in [0.25, 0.3) is 5.52 Å². The minimum absolute atomic E-state index is 0.255. The quantitative estimate of drug-likeness (QED) is 0.942. The minimum atomic E-state index is 0.255. The summed E-state index contributed by atoms with van der Waals surface area (Å²) in [6.07, 6.45) is 6.06. The highest BCUT2D eigenvalue weighted by atomic mass is 15.3. The van der Waals surface area contributed by atoms with Gasteiger partial charge in [0.2, 0.25) is 0 Å². The second-order valence-electron chi connectivity index (χ2n) is 6.60. The molecule has 0 saturated carbocycles. The van der Waals surface area contributed by atoms with Crippen molar-refractivity contribution in [1.29, 1.82) is 0 Å². The Balaban J connectivity index is 1.91. The van der Waals surface area contributed by atoms with Crippen molar-refractivity contribution in [3.05, 3.63) is 24.2 Å². The third-order valence-electron chi connectivity index (χ3n) is 4.75. The first-order valence-electron chi connectivity index (χ1n) is 7.80. The van der Waals surface area contributed by atoms with Crippen LogP contribution in [0.2, 0.25) is 0 Å². The molecule has 2 aromatic rings. The highest BCUT2D eigenvalue weighted by Gasteiger charge is 2.29. The van der Waals surface area contributed by atoms with E-state index < -0.39 is 0 Å². The SMILES string of the molecule is CNC1(C)CCN(c2nccn3nc(C(C)C)cc23)CC1. The highest BCUT2D eigenvalue weighted by molar-refractivity contribution is 5.69. The number of hydrogen-bond acceptors (Lipinski definition) is 4. The Kier molecular flexibility index (Phi) is 3.61. The maximum Gasteiger partial charge on any atom is 0.154 e. The predicted octanol–water partition coefficient (Wildman–Crippen LogP) is 2.43. The van der Waals surface area contributed by atoms with Gasteiger partial charge in [0.15, 0.2) is 5.82 Å². The van der Waals surface area contributed by atoms with E-state index in [9.17, 15) is 0 Å². The van der Waals surface area contributed by atoms with E-state index in [1.807, 2.05) is 16.9 Å². The molecule has 1 aliphatic rings. The summed E-state index contributed by atoms with van der Waals surface area (Å²) in [5.74, 6) is 1.50. The number of aromatic nitrogens is 3. The fourth-order valence-corrected chi connectivity index (χ4v) is 2.92. The summed E-state index contributed by atoms with van der Waals surface area (Å²) in [5.41, 5.74) is 2.50. The van der Waals surface area contributed by atoms with Gasteiger partial charge in [-0.1, -0.05) is 13.8 Å². The van der Waals surface area contributed by atoms with Gasteiger partial charge in [-0.3, -0.25) is 0 Å². The first-order valence-corrected chi connectivity index (χ1v) is 7.80. The summed E-state index contributed by atoms with van der Waals surface area (Å²) in [5, 5.41) is 8.09. The molecular formula is C16H25N5. The molecule has 0 unspecified atom stereocenters. The topological polar surface area (TPSA) is 45.5 Å². The molecule has 5 heteroatoms. The molecule has 3 heterocycles. The van der Waals surface area contributed by atoms with Crippen molar-refractivity contribution in [2.45, 2.75) is 45.1 Å². The van der Waals surface area contributed by atoms with Gasteiger partial charge in [-0.25, -0.2) is 9.50 Å². The maximum atomic E-state index is 4.65. The summed E-state index contributed by atoms with van der Waals surface area (Å²) in [4.78, 5) is 7.01. The van der Waals surface area contributed by atoms with Crippen molar-refractivity contribution in [3.63, 3.8) is 0 Å². The van der Waals surface area contributed by atoms with Crippen LogP contribution in [0.15, 0.2) is 18.5 Å². The lowest BCUT2D eigenvalue weighted by Gasteiger charge is -2.39. The predicted molar refractivity (Wildman–Crippen MR) is 86.0 cm³/mol. The average molecular weight is 287 g/mol.